The van der Waals surface area contributed by atoms with Crippen molar-refractivity contribution in [2.45, 2.75) is 25.3 Å². The molecule has 1 fully saturated rings. The lowest BCUT2D eigenvalue weighted by atomic mass is 10.0. The number of nitrogens with one attached hydrogen (secondary N) is 1. The number of hydrogen-bond acceptors (Lipinski definition) is 4. The van der Waals surface area contributed by atoms with Crippen molar-refractivity contribution in [2.24, 2.45) is 0 Å². The Bertz CT molecular complexity index is 281. The van der Waals surface area contributed by atoms with Gasteiger partial charge in [-0.25, -0.2) is 4.98 Å². The molecule has 0 bridgehead atoms. The first kappa shape index (κ1) is 10.1. The summed E-state index contributed by atoms with van der Waals surface area (Å²) in [5.74, 6) is 4.93. The average molecular weight is 212 g/mol. The van der Waals surface area contributed by atoms with Crippen LogP contribution in [0.25, 0.3) is 0 Å². The Balaban J connectivity index is 2.00. The van der Waals surface area contributed by atoms with Crippen LogP contribution in [0.2, 0.25) is 0 Å². The topological polar surface area (TPSA) is 38.1 Å². The monoisotopic (exact) mass is 212 g/mol. The van der Waals surface area contributed by atoms with E-state index in [4.69, 9.17) is 4.42 Å². The van der Waals surface area contributed by atoms with Crippen LogP contribution in [0.1, 0.15) is 30.4 Å². The molecule has 78 valence electrons. The fourth-order valence-corrected chi connectivity index (χ4v) is 2.82. The highest BCUT2D eigenvalue weighted by atomic mass is 32.2. The summed E-state index contributed by atoms with van der Waals surface area (Å²) < 4.78 is 5.68. The van der Waals surface area contributed by atoms with Crippen molar-refractivity contribution in [3.63, 3.8) is 0 Å². The first-order valence-corrected chi connectivity index (χ1v) is 6.22. The summed E-state index contributed by atoms with van der Waals surface area (Å²) in [7, 11) is 1.92. The molecule has 2 rings (SSSR count). The molecule has 14 heavy (non-hydrogen) atoms. The third-order valence-electron chi connectivity index (χ3n) is 2.49. The first-order valence-electron chi connectivity index (χ1n) is 5.07. The molecule has 1 aromatic heterocycles. The Labute approximate surface area is 88.7 Å². The molecule has 0 saturated carbocycles. The Hall–Kier alpha value is -0.480. The zero-order chi connectivity index (χ0) is 9.80. The number of nitrogens with zero attached hydrogens (tertiary/aromatic N) is 1. The van der Waals surface area contributed by atoms with Gasteiger partial charge in [-0.05, 0) is 31.4 Å². The van der Waals surface area contributed by atoms with Crippen molar-refractivity contribution < 1.29 is 4.42 Å². The summed E-state index contributed by atoms with van der Waals surface area (Å²) in [6.07, 6.45) is 4.27. The molecule has 1 aliphatic heterocycles. The van der Waals surface area contributed by atoms with Gasteiger partial charge in [-0.2, -0.15) is 11.8 Å². The predicted octanol–water partition coefficient (Wildman–Crippen LogP) is 2.00. The van der Waals surface area contributed by atoms with Gasteiger partial charge in [0.1, 0.15) is 5.76 Å². The van der Waals surface area contributed by atoms with Crippen molar-refractivity contribution in [3.05, 3.63) is 17.8 Å². The van der Waals surface area contributed by atoms with Crippen LogP contribution >= 0.6 is 11.8 Å². The van der Waals surface area contributed by atoms with Crippen molar-refractivity contribution in [1.82, 2.24) is 10.3 Å². The van der Waals surface area contributed by atoms with Crippen LogP contribution < -0.4 is 5.32 Å². The largest absolute Gasteiger partial charge is 0.444 e. The van der Waals surface area contributed by atoms with Gasteiger partial charge in [0.2, 0.25) is 0 Å². The maximum atomic E-state index is 5.68. The molecular weight excluding hydrogens is 196 g/mol. The Morgan fingerprint density at radius 2 is 2.36 bits per heavy atom. The quantitative estimate of drug-likeness (QED) is 0.831. The maximum Gasteiger partial charge on any atom is 0.197 e. The standard InChI is InChI=1S/C10H16N2OS/c1-11-6-9-7-12-10(13-9)8-2-4-14-5-3-8/h7-8,11H,2-6H2,1H3. The number of thioether (sulfide) groups is 1. The van der Waals surface area contributed by atoms with Gasteiger partial charge in [-0.3, -0.25) is 0 Å². The molecule has 4 heteroatoms. The van der Waals surface area contributed by atoms with Crippen molar-refractivity contribution >= 4 is 11.8 Å². The highest BCUT2D eigenvalue weighted by Gasteiger charge is 2.20. The molecule has 1 N–H and O–H groups in total. The van der Waals surface area contributed by atoms with Gasteiger partial charge in [0, 0.05) is 5.92 Å². The molecule has 1 saturated heterocycles. The number of aromatic nitrogens is 1. The SMILES string of the molecule is CNCc1cnc(C2CCSCC2)o1. The van der Waals surface area contributed by atoms with Gasteiger partial charge in [-0.15, -0.1) is 0 Å². The van der Waals surface area contributed by atoms with Crippen LogP contribution in [0.3, 0.4) is 0 Å². The van der Waals surface area contributed by atoms with E-state index in [-0.39, 0.29) is 0 Å². The van der Waals surface area contributed by atoms with E-state index in [0.717, 1.165) is 18.2 Å². The minimum atomic E-state index is 0.557. The molecular formula is C10H16N2OS. The number of rotatable bonds is 3. The van der Waals surface area contributed by atoms with E-state index in [1.54, 1.807) is 0 Å². The van der Waals surface area contributed by atoms with Crippen LogP contribution in [0.5, 0.6) is 0 Å². The van der Waals surface area contributed by atoms with Gasteiger partial charge in [0.15, 0.2) is 5.89 Å². The molecule has 0 aromatic carbocycles. The van der Waals surface area contributed by atoms with E-state index in [2.05, 4.69) is 10.3 Å². The van der Waals surface area contributed by atoms with Gasteiger partial charge in [-0.1, -0.05) is 0 Å². The second-order valence-corrected chi connectivity index (χ2v) is 4.81. The molecule has 3 nitrogen and oxygen atoms in total. The van der Waals surface area contributed by atoms with E-state index >= 15 is 0 Å². The highest BCUT2D eigenvalue weighted by Crippen LogP contribution is 2.30. The van der Waals surface area contributed by atoms with Gasteiger partial charge < -0.3 is 9.73 Å². The molecule has 2 heterocycles. The van der Waals surface area contributed by atoms with E-state index in [0.29, 0.717) is 5.92 Å². The van der Waals surface area contributed by atoms with Crippen molar-refractivity contribution in [3.8, 4) is 0 Å². The Morgan fingerprint density at radius 1 is 1.57 bits per heavy atom. The summed E-state index contributed by atoms with van der Waals surface area (Å²) >= 11 is 2.03. The minimum Gasteiger partial charge on any atom is -0.444 e. The lowest BCUT2D eigenvalue weighted by molar-refractivity contribution is 0.400. The fourth-order valence-electron chi connectivity index (χ4n) is 1.71. The molecule has 1 aliphatic rings. The summed E-state index contributed by atoms with van der Waals surface area (Å²) in [6.45, 7) is 0.772. The predicted molar refractivity (Wildman–Crippen MR) is 58.6 cm³/mol. The number of oxazole rings is 1. The number of hydrogen-bond donors (Lipinski definition) is 1. The van der Waals surface area contributed by atoms with E-state index < -0.39 is 0 Å². The van der Waals surface area contributed by atoms with Crippen molar-refractivity contribution in [2.75, 3.05) is 18.6 Å². The zero-order valence-corrected chi connectivity index (χ0v) is 9.27. The normalized spacial score (nSPS) is 18.6. The lowest BCUT2D eigenvalue weighted by Gasteiger charge is -2.17. The highest BCUT2D eigenvalue weighted by molar-refractivity contribution is 7.99. The van der Waals surface area contributed by atoms with Crippen LogP contribution in [-0.2, 0) is 6.54 Å². The second kappa shape index (κ2) is 4.84. The second-order valence-electron chi connectivity index (χ2n) is 3.58. The minimum absolute atomic E-state index is 0.557. The van der Waals surface area contributed by atoms with Crippen LogP contribution in [-0.4, -0.2) is 23.5 Å². The fraction of sp³-hybridized carbons (Fsp3) is 0.700. The van der Waals surface area contributed by atoms with Crippen molar-refractivity contribution in [1.29, 1.82) is 0 Å². The van der Waals surface area contributed by atoms with Crippen LogP contribution in [0.4, 0.5) is 0 Å². The first-order chi connectivity index (χ1) is 6.90. The molecule has 0 radical (unpaired) electrons. The summed E-state index contributed by atoms with van der Waals surface area (Å²) in [5.41, 5.74) is 0. The van der Waals surface area contributed by atoms with Gasteiger partial charge >= 0.3 is 0 Å². The maximum absolute atomic E-state index is 5.68. The molecule has 1 aromatic rings. The smallest absolute Gasteiger partial charge is 0.197 e. The third-order valence-corrected chi connectivity index (χ3v) is 3.54. The average Bonchev–Trinajstić information content (AvgIpc) is 2.68. The summed E-state index contributed by atoms with van der Waals surface area (Å²) in [4.78, 5) is 4.34. The zero-order valence-electron chi connectivity index (χ0n) is 8.45. The third kappa shape index (κ3) is 2.30. The molecule has 0 unspecified atom stereocenters. The lowest BCUT2D eigenvalue weighted by Crippen LogP contribution is -2.08. The molecule has 0 spiro atoms. The van der Waals surface area contributed by atoms with E-state index in [1.807, 2.05) is 25.0 Å². The van der Waals surface area contributed by atoms with E-state index in [1.165, 1.54) is 24.3 Å². The molecule has 0 amide bonds. The molecule has 0 atom stereocenters. The van der Waals surface area contributed by atoms with E-state index in [9.17, 15) is 0 Å². The summed E-state index contributed by atoms with van der Waals surface area (Å²) in [5, 5.41) is 3.06. The van der Waals surface area contributed by atoms with Crippen LogP contribution in [0, 0.1) is 0 Å². The summed E-state index contributed by atoms with van der Waals surface area (Å²) in [6, 6.07) is 0. The van der Waals surface area contributed by atoms with Gasteiger partial charge in [0.25, 0.3) is 0 Å². The Morgan fingerprint density at radius 3 is 3.07 bits per heavy atom. The van der Waals surface area contributed by atoms with Crippen LogP contribution in [0.15, 0.2) is 10.6 Å². The Kier molecular flexibility index (Phi) is 3.48. The molecule has 0 aliphatic carbocycles. The van der Waals surface area contributed by atoms with Gasteiger partial charge in [0.05, 0.1) is 12.7 Å².